The van der Waals surface area contributed by atoms with E-state index in [1.165, 1.54) is 16.0 Å². The second kappa shape index (κ2) is 5.62. The van der Waals surface area contributed by atoms with Gasteiger partial charge in [0.25, 0.3) is 5.91 Å². The molecule has 1 amide bonds. The van der Waals surface area contributed by atoms with Crippen molar-refractivity contribution >= 4 is 28.1 Å². The van der Waals surface area contributed by atoms with Crippen molar-refractivity contribution < 1.29 is 4.79 Å². The molecule has 108 valence electrons. The maximum atomic E-state index is 12.3. The zero-order valence-corrected chi connectivity index (χ0v) is 12.9. The number of nitrogens with zero attached hydrogens (tertiary/aromatic N) is 3. The number of nitrogen functional groups attached to an aromatic ring is 1. The van der Waals surface area contributed by atoms with E-state index < -0.39 is 0 Å². The zero-order valence-electron chi connectivity index (χ0n) is 12.1. The Morgan fingerprint density at radius 3 is 2.75 bits per heavy atom. The van der Waals surface area contributed by atoms with Gasteiger partial charge in [-0.05, 0) is 12.3 Å². The van der Waals surface area contributed by atoms with Gasteiger partial charge in [-0.1, -0.05) is 20.8 Å². The monoisotopic (exact) mass is 293 g/mol. The number of carbonyl (C=O) groups excluding carboxylic acids is 1. The van der Waals surface area contributed by atoms with E-state index in [9.17, 15) is 4.79 Å². The highest BCUT2D eigenvalue weighted by Gasteiger charge is 2.20. The van der Waals surface area contributed by atoms with E-state index in [0.717, 1.165) is 11.4 Å². The summed E-state index contributed by atoms with van der Waals surface area (Å²) in [5.41, 5.74) is 8.48. The molecular formula is C13H19N5OS. The number of thiazole rings is 1. The van der Waals surface area contributed by atoms with Gasteiger partial charge in [-0.25, -0.2) is 4.98 Å². The Kier molecular flexibility index (Phi) is 4.08. The molecule has 0 bridgehead atoms. The Bertz CT molecular complexity index is 629. The molecule has 2 aromatic rings. The number of hydrogen-bond acceptors (Lipinski definition) is 5. The first-order chi connectivity index (χ1) is 9.43. The minimum Gasteiger partial charge on any atom is -0.395 e. The minimum atomic E-state index is -0.276. The SMILES string of the molecule is CCc1nn(C)c(C(=O)Nc2nc(C(C)C)cs2)c1N. The van der Waals surface area contributed by atoms with Gasteiger partial charge in [-0.3, -0.25) is 14.8 Å². The minimum absolute atomic E-state index is 0.276. The zero-order chi connectivity index (χ0) is 14.9. The van der Waals surface area contributed by atoms with Crippen LogP contribution in [-0.4, -0.2) is 20.7 Å². The summed E-state index contributed by atoms with van der Waals surface area (Å²) in [5.74, 6) is 0.0622. The van der Waals surface area contributed by atoms with E-state index >= 15 is 0 Å². The summed E-state index contributed by atoms with van der Waals surface area (Å²) >= 11 is 1.41. The van der Waals surface area contributed by atoms with Crippen LogP contribution >= 0.6 is 11.3 Å². The van der Waals surface area contributed by atoms with Crippen LogP contribution in [0.5, 0.6) is 0 Å². The Labute approximate surface area is 122 Å². The molecule has 0 aliphatic carbocycles. The molecule has 0 saturated carbocycles. The van der Waals surface area contributed by atoms with Crippen molar-refractivity contribution in [3.05, 3.63) is 22.5 Å². The highest BCUT2D eigenvalue weighted by Crippen LogP contribution is 2.23. The van der Waals surface area contributed by atoms with Gasteiger partial charge in [0.05, 0.1) is 17.1 Å². The molecule has 2 aromatic heterocycles. The summed E-state index contributed by atoms with van der Waals surface area (Å²) in [6, 6.07) is 0. The van der Waals surface area contributed by atoms with Crippen LogP contribution in [0.2, 0.25) is 0 Å². The Morgan fingerprint density at radius 2 is 2.25 bits per heavy atom. The lowest BCUT2D eigenvalue weighted by atomic mass is 10.2. The van der Waals surface area contributed by atoms with Gasteiger partial charge in [0.15, 0.2) is 5.13 Å². The normalized spacial score (nSPS) is 11.1. The molecule has 7 heteroatoms. The molecular weight excluding hydrogens is 274 g/mol. The number of nitrogens with one attached hydrogen (secondary N) is 1. The first kappa shape index (κ1) is 14.5. The lowest BCUT2D eigenvalue weighted by molar-refractivity contribution is 0.101. The Morgan fingerprint density at radius 1 is 1.55 bits per heavy atom. The number of amides is 1. The molecule has 3 N–H and O–H groups in total. The number of hydrogen-bond donors (Lipinski definition) is 2. The van der Waals surface area contributed by atoms with Crippen molar-refractivity contribution in [3.8, 4) is 0 Å². The second-order valence-corrected chi connectivity index (χ2v) is 5.73. The summed E-state index contributed by atoms with van der Waals surface area (Å²) in [6.07, 6.45) is 0.696. The van der Waals surface area contributed by atoms with Gasteiger partial charge < -0.3 is 5.73 Å². The highest BCUT2D eigenvalue weighted by atomic mass is 32.1. The Balaban J connectivity index is 2.21. The van der Waals surface area contributed by atoms with Crippen molar-refractivity contribution in [1.29, 1.82) is 0 Å². The van der Waals surface area contributed by atoms with Gasteiger partial charge in [-0.2, -0.15) is 5.10 Å². The van der Waals surface area contributed by atoms with Crippen molar-refractivity contribution in [2.75, 3.05) is 11.1 Å². The van der Waals surface area contributed by atoms with Gasteiger partial charge in [0, 0.05) is 12.4 Å². The second-order valence-electron chi connectivity index (χ2n) is 4.87. The molecule has 6 nitrogen and oxygen atoms in total. The van der Waals surface area contributed by atoms with Crippen LogP contribution in [0, 0.1) is 0 Å². The molecule has 0 atom stereocenters. The van der Waals surface area contributed by atoms with Gasteiger partial charge in [-0.15, -0.1) is 11.3 Å². The van der Waals surface area contributed by atoms with Crippen LogP contribution in [0.25, 0.3) is 0 Å². The summed E-state index contributed by atoms with van der Waals surface area (Å²) < 4.78 is 1.51. The quantitative estimate of drug-likeness (QED) is 0.906. The molecule has 0 fully saturated rings. The first-order valence-electron chi connectivity index (χ1n) is 6.52. The predicted molar refractivity (Wildman–Crippen MR) is 81.2 cm³/mol. The van der Waals surface area contributed by atoms with E-state index in [1.807, 2.05) is 12.3 Å². The topological polar surface area (TPSA) is 85.8 Å². The predicted octanol–water partition coefficient (Wildman–Crippen LogP) is 2.40. The van der Waals surface area contributed by atoms with Crippen molar-refractivity contribution in [3.63, 3.8) is 0 Å². The van der Waals surface area contributed by atoms with Crippen LogP contribution in [0.1, 0.15) is 48.6 Å². The fraction of sp³-hybridized carbons (Fsp3) is 0.462. The van der Waals surface area contributed by atoms with E-state index in [-0.39, 0.29) is 5.91 Å². The fourth-order valence-electron chi connectivity index (χ4n) is 1.89. The number of aryl methyl sites for hydroxylation is 2. The summed E-state index contributed by atoms with van der Waals surface area (Å²) in [7, 11) is 1.71. The number of aromatic nitrogens is 3. The number of anilines is 2. The van der Waals surface area contributed by atoms with Crippen LogP contribution in [0.3, 0.4) is 0 Å². The van der Waals surface area contributed by atoms with E-state index in [4.69, 9.17) is 5.73 Å². The summed E-state index contributed by atoms with van der Waals surface area (Å²) in [4.78, 5) is 16.7. The molecule has 0 radical (unpaired) electrons. The average Bonchev–Trinajstić information content (AvgIpc) is 2.94. The van der Waals surface area contributed by atoms with Crippen molar-refractivity contribution in [2.45, 2.75) is 33.1 Å². The van der Waals surface area contributed by atoms with Gasteiger partial charge in [0.2, 0.25) is 0 Å². The Hall–Kier alpha value is -1.89. The number of carbonyl (C=O) groups is 1. The van der Waals surface area contributed by atoms with E-state index in [0.29, 0.717) is 28.9 Å². The third kappa shape index (κ3) is 2.67. The number of rotatable bonds is 4. The summed E-state index contributed by atoms with van der Waals surface area (Å²) in [6.45, 7) is 6.08. The van der Waals surface area contributed by atoms with Crippen LogP contribution < -0.4 is 11.1 Å². The molecule has 0 aliphatic rings. The van der Waals surface area contributed by atoms with Crippen molar-refractivity contribution in [1.82, 2.24) is 14.8 Å². The molecule has 2 heterocycles. The molecule has 0 aromatic carbocycles. The average molecular weight is 293 g/mol. The molecule has 0 aliphatic heterocycles. The number of nitrogens with two attached hydrogens (primary N) is 1. The van der Waals surface area contributed by atoms with Gasteiger partial charge in [0.1, 0.15) is 5.69 Å². The lowest BCUT2D eigenvalue weighted by Crippen LogP contribution is -2.17. The van der Waals surface area contributed by atoms with Crippen molar-refractivity contribution in [2.24, 2.45) is 7.05 Å². The van der Waals surface area contributed by atoms with Gasteiger partial charge >= 0.3 is 0 Å². The smallest absolute Gasteiger partial charge is 0.277 e. The van der Waals surface area contributed by atoms with E-state index in [2.05, 4.69) is 29.2 Å². The molecule has 2 rings (SSSR count). The molecule has 0 spiro atoms. The largest absolute Gasteiger partial charge is 0.395 e. The fourth-order valence-corrected chi connectivity index (χ4v) is 2.76. The van der Waals surface area contributed by atoms with E-state index in [1.54, 1.807) is 7.05 Å². The van der Waals surface area contributed by atoms with Crippen LogP contribution in [0.15, 0.2) is 5.38 Å². The third-order valence-corrected chi connectivity index (χ3v) is 3.82. The third-order valence-electron chi connectivity index (χ3n) is 3.04. The standard InChI is InChI=1S/C13H19N5OS/c1-5-8-10(14)11(18(4)17-8)12(19)16-13-15-9(6-20-13)7(2)3/h6-7H,5,14H2,1-4H3,(H,15,16,19). The molecule has 0 saturated heterocycles. The van der Waals surface area contributed by atoms with Crippen LogP contribution in [-0.2, 0) is 13.5 Å². The maximum absolute atomic E-state index is 12.3. The lowest BCUT2D eigenvalue weighted by Gasteiger charge is -2.03. The summed E-state index contributed by atoms with van der Waals surface area (Å²) in [5, 5.41) is 9.55. The molecule has 0 unspecified atom stereocenters. The highest BCUT2D eigenvalue weighted by molar-refractivity contribution is 7.14. The maximum Gasteiger partial charge on any atom is 0.277 e. The van der Waals surface area contributed by atoms with Crippen LogP contribution in [0.4, 0.5) is 10.8 Å². The molecule has 20 heavy (non-hydrogen) atoms. The first-order valence-corrected chi connectivity index (χ1v) is 7.40.